The number of nitrogens with one attached hydrogen (secondary N) is 1. The van der Waals surface area contributed by atoms with Gasteiger partial charge in [-0.15, -0.1) is 10.2 Å². The predicted molar refractivity (Wildman–Crippen MR) is 111 cm³/mol. The monoisotopic (exact) mass is 421 g/mol. The number of benzene rings is 1. The van der Waals surface area contributed by atoms with Gasteiger partial charge in [0.25, 0.3) is 0 Å². The first-order valence-corrected chi connectivity index (χ1v) is 10.1. The van der Waals surface area contributed by atoms with Crippen molar-refractivity contribution < 1.29 is 14.0 Å². The number of likely N-dealkylation sites (N-methyl/N-ethyl adjacent to an activating group) is 2. The van der Waals surface area contributed by atoms with Crippen molar-refractivity contribution >= 4 is 23.4 Å². The number of aromatic nitrogens is 2. The van der Waals surface area contributed by atoms with Crippen molar-refractivity contribution in [2.24, 2.45) is 0 Å². The van der Waals surface area contributed by atoms with E-state index in [4.69, 9.17) is 16.0 Å². The molecule has 158 valence electrons. The van der Waals surface area contributed by atoms with Gasteiger partial charge in [-0.2, -0.15) is 0 Å². The third-order valence-electron chi connectivity index (χ3n) is 4.37. The number of nitrogens with zero attached hydrogens (tertiary/aromatic N) is 4. The summed E-state index contributed by atoms with van der Waals surface area (Å²) in [6.07, 6.45) is 0. The van der Waals surface area contributed by atoms with Crippen LogP contribution in [0.5, 0.6) is 0 Å². The summed E-state index contributed by atoms with van der Waals surface area (Å²) in [5.41, 5.74) is 0.648. The van der Waals surface area contributed by atoms with Crippen LogP contribution < -0.4 is 5.32 Å². The smallest absolute Gasteiger partial charge is 0.249 e. The Kier molecular flexibility index (Phi) is 8.60. The summed E-state index contributed by atoms with van der Waals surface area (Å²) in [6.45, 7) is 9.27. The lowest BCUT2D eigenvalue weighted by atomic mass is 10.2. The fourth-order valence-corrected chi connectivity index (χ4v) is 3.00. The van der Waals surface area contributed by atoms with Gasteiger partial charge in [-0.05, 0) is 39.4 Å². The molecule has 1 aromatic heterocycles. The quantitative estimate of drug-likeness (QED) is 0.634. The largest absolute Gasteiger partial charge is 0.419 e. The molecule has 0 atom stereocenters. The highest BCUT2D eigenvalue weighted by Gasteiger charge is 2.23. The minimum atomic E-state index is -0.108. The van der Waals surface area contributed by atoms with Gasteiger partial charge in [0.2, 0.25) is 23.6 Å². The first-order valence-electron chi connectivity index (χ1n) is 9.71. The summed E-state index contributed by atoms with van der Waals surface area (Å²) < 4.78 is 5.73. The van der Waals surface area contributed by atoms with Gasteiger partial charge in [-0.25, -0.2) is 0 Å². The van der Waals surface area contributed by atoms with Gasteiger partial charge in [-0.1, -0.05) is 30.7 Å². The zero-order valence-electron chi connectivity index (χ0n) is 17.3. The molecule has 0 bridgehead atoms. The van der Waals surface area contributed by atoms with E-state index >= 15 is 0 Å². The molecule has 1 N–H and O–H groups in total. The van der Waals surface area contributed by atoms with Crippen LogP contribution in [0.25, 0.3) is 11.5 Å². The van der Waals surface area contributed by atoms with Gasteiger partial charge in [0, 0.05) is 12.6 Å². The second-order valence-corrected chi connectivity index (χ2v) is 7.26. The number of rotatable bonds is 10. The molecule has 8 nitrogen and oxygen atoms in total. The van der Waals surface area contributed by atoms with E-state index in [0.29, 0.717) is 35.5 Å². The Bertz CT molecular complexity index is 824. The van der Waals surface area contributed by atoms with Crippen LogP contribution in [0.3, 0.4) is 0 Å². The van der Waals surface area contributed by atoms with Gasteiger partial charge < -0.3 is 14.6 Å². The van der Waals surface area contributed by atoms with Crippen molar-refractivity contribution in [3.8, 4) is 11.5 Å². The van der Waals surface area contributed by atoms with Crippen molar-refractivity contribution in [2.45, 2.75) is 40.3 Å². The van der Waals surface area contributed by atoms with Gasteiger partial charge in [0.1, 0.15) is 0 Å². The van der Waals surface area contributed by atoms with Gasteiger partial charge >= 0.3 is 0 Å². The molecule has 0 unspecified atom stereocenters. The van der Waals surface area contributed by atoms with E-state index in [1.165, 1.54) is 0 Å². The molecule has 1 aromatic carbocycles. The van der Waals surface area contributed by atoms with Crippen molar-refractivity contribution in [3.05, 3.63) is 35.2 Å². The molecule has 0 aliphatic heterocycles. The predicted octanol–water partition coefficient (Wildman–Crippen LogP) is 2.59. The fourth-order valence-electron chi connectivity index (χ4n) is 2.78. The lowest BCUT2D eigenvalue weighted by Gasteiger charge is -2.28. The maximum atomic E-state index is 12.9. The third-order valence-corrected chi connectivity index (χ3v) is 4.70. The molecule has 2 amide bonds. The zero-order chi connectivity index (χ0) is 21.4. The molecule has 0 spiro atoms. The molecule has 29 heavy (non-hydrogen) atoms. The first kappa shape index (κ1) is 22.8. The maximum absolute atomic E-state index is 12.9. The maximum Gasteiger partial charge on any atom is 0.249 e. The summed E-state index contributed by atoms with van der Waals surface area (Å²) in [7, 11) is 0. The van der Waals surface area contributed by atoms with E-state index in [0.717, 1.165) is 0 Å². The second-order valence-electron chi connectivity index (χ2n) is 6.85. The van der Waals surface area contributed by atoms with E-state index in [2.05, 4.69) is 15.5 Å². The summed E-state index contributed by atoms with van der Waals surface area (Å²) in [5.74, 6) is 0.435. The lowest BCUT2D eigenvalue weighted by molar-refractivity contribution is -0.135. The topological polar surface area (TPSA) is 91.6 Å². The summed E-state index contributed by atoms with van der Waals surface area (Å²) in [5, 5.41) is 11.4. The van der Waals surface area contributed by atoms with Crippen LogP contribution in [-0.4, -0.2) is 64.0 Å². The lowest BCUT2D eigenvalue weighted by Crippen LogP contribution is -2.46. The number of hydrogen-bond acceptors (Lipinski definition) is 6. The molecule has 0 fully saturated rings. The molecule has 9 heteroatoms. The molecule has 0 radical (unpaired) electrons. The Morgan fingerprint density at radius 1 is 1.17 bits per heavy atom. The number of amides is 2. The average molecular weight is 422 g/mol. The molecule has 2 aromatic rings. The normalized spacial score (nSPS) is 11.1. The second kappa shape index (κ2) is 10.9. The van der Waals surface area contributed by atoms with Crippen LogP contribution in [0.1, 0.15) is 33.6 Å². The molecule has 0 saturated heterocycles. The number of carbonyl (C=O) groups is 2. The van der Waals surface area contributed by atoms with Crippen LogP contribution in [0, 0.1) is 0 Å². The summed E-state index contributed by atoms with van der Waals surface area (Å²) in [4.78, 5) is 28.2. The molecular weight excluding hydrogens is 394 g/mol. The highest BCUT2D eigenvalue weighted by Crippen LogP contribution is 2.26. The van der Waals surface area contributed by atoms with Gasteiger partial charge in [0.15, 0.2) is 0 Å². The van der Waals surface area contributed by atoms with Crippen LogP contribution in [-0.2, 0) is 16.1 Å². The molecule has 1 heterocycles. The van der Waals surface area contributed by atoms with E-state index in [1.54, 1.807) is 21.9 Å². The van der Waals surface area contributed by atoms with Crippen LogP contribution >= 0.6 is 11.6 Å². The Hall–Kier alpha value is -2.45. The number of carbonyl (C=O) groups excluding carboxylic acids is 2. The summed E-state index contributed by atoms with van der Waals surface area (Å²) in [6, 6.07) is 7.14. The Balaban J connectivity index is 2.07. The van der Waals surface area contributed by atoms with Crippen molar-refractivity contribution in [3.63, 3.8) is 0 Å². The van der Waals surface area contributed by atoms with Gasteiger partial charge in [0.05, 0.1) is 30.2 Å². The third kappa shape index (κ3) is 6.54. The van der Waals surface area contributed by atoms with E-state index < -0.39 is 0 Å². The van der Waals surface area contributed by atoms with Crippen LogP contribution in [0.2, 0.25) is 5.02 Å². The van der Waals surface area contributed by atoms with Crippen molar-refractivity contribution in [1.29, 1.82) is 0 Å². The van der Waals surface area contributed by atoms with Crippen molar-refractivity contribution in [1.82, 2.24) is 25.3 Å². The fraction of sp³-hybridized carbons (Fsp3) is 0.500. The Labute approximate surface area is 176 Å². The zero-order valence-corrected chi connectivity index (χ0v) is 18.1. The van der Waals surface area contributed by atoms with Crippen LogP contribution in [0.15, 0.2) is 28.7 Å². The van der Waals surface area contributed by atoms with Crippen molar-refractivity contribution in [2.75, 3.05) is 26.2 Å². The van der Waals surface area contributed by atoms with Gasteiger partial charge in [-0.3, -0.25) is 14.5 Å². The standard InChI is InChI=1S/C20H28ClN5O3/c1-5-22-17(27)11-25(6-2)13-19(28)26(14(3)4)12-18-23-24-20(29-18)15-9-7-8-10-16(15)21/h7-10,14H,5-6,11-13H2,1-4H3,(H,22,27). The molecular formula is C20H28ClN5O3. The Morgan fingerprint density at radius 3 is 2.52 bits per heavy atom. The first-order chi connectivity index (χ1) is 13.8. The van der Waals surface area contributed by atoms with Crippen LogP contribution in [0.4, 0.5) is 0 Å². The highest BCUT2D eigenvalue weighted by atomic mass is 35.5. The summed E-state index contributed by atoms with van der Waals surface area (Å²) >= 11 is 6.18. The minimum absolute atomic E-state index is 0.0682. The average Bonchev–Trinajstić information content (AvgIpc) is 3.14. The van der Waals surface area contributed by atoms with E-state index in [1.807, 2.05) is 39.8 Å². The number of hydrogen-bond donors (Lipinski definition) is 1. The SMILES string of the molecule is CCNC(=O)CN(CC)CC(=O)N(Cc1nnc(-c2ccccc2Cl)o1)C(C)C. The molecule has 0 aliphatic carbocycles. The van der Waals surface area contributed by atoms with E-state index in [-0.39, 0.29) is 37.5 Å². The molecule has 0 aliphatic rings. The molecule has 2 rings (SSSR count). The highest BCUT2D eigenvalue weighted by molar-refractivity contribution is 6.33. The number of halogens is 1. The molecule has 0 saturated carbocycles. The minimum Gasteiger partial charge on any atom is -0.419 e. The Morgan fingerprint density at radius 2 is 1.90 bits per heavy atom. The van der Waals surface area contributed by atoms with E-state index in [9.17, 15) is 9.59 Å².